The summed E-state index contributed by atoms with van der Waals surface area (Å²) in [4.78, 5) is 16.6. The van der Waals surface area contributed by atoms with Gasteiger partial charge in [-0.1, -0.05) is 35.9 Å². The number of halogens is 3. The van der Waals surface area contributed by atoms with Crippen molar-refractivity contribution < 1.29 is 23.0 Å². The van der Waals surface area contributed by atoms with Crippen LogP contribution in [0, 0.1) is 11.6 Å². The second kappa shape index (κ2) is 11.6. The maximum absolute atomic E-state index is 13.5. The molecule has 0 aliphatic carbocycles. The van der Waals surface area contributed by atoms with E-state index in [1.165, 1.54) is 0 Å². The van der Waals surface area contributed by atoms with Gasteiger partial charge in [0.25, 0.3) is 5.91 Å². The van der Waals surface area contributed by atoms with E-state index in [0.29, 0.717) is 44.4 Å². The molecule has 1 amide bonds. The summed E-state index contributed by atoms with van der Waals surface area (Å²) in [6, 6.07) is 18.2. The Bertz CT molecular complexity index is 1150. The molecule has 0 aromatic heterocycles. The summed E-state index contributed by atoms with van der Waals surface area (Å²) in [6.45, 7) is 3.15. The summed E-state index contributed by atoms with van der Waals surface area (Å²) in [5.41, 5.74) is 1.98. The van der Waals surface area contributed by atoms with Crippen molar-refractivity contribution in [3.63, 3.8) is 0 Å². The van der Waals surface area contributed by atoms with Gasteiger partial charge in [-0.3, -0.25) is 9.69 Å². The molecule has 1 fully saturated rings. The molecule has 0 N–H and O–H groups in total. The highest BCUT2D eigenvalue weighted by Crippen LogP contribution is 2.26. The van der Waals surface area contributed by atoms with Gasteiger partial charge in [0.15, 0.2) is 0 Å². The minimum absolute atomic E-state index is 0.0232. The van der Waals surface area contributed by atoms with Gasteiger partial charge >= 0.3 is 0 Å². The summed E-state index contributed by atoms with van der Waals surface area (Å²) in [6.07, 6.45) is -0.233. The molecular weight excluding hydrogens is 474 g/mol. The van der Waals surface area contributed by atoms with Crippen LogP contribution >= 0.6 is 11.6 Å². The van der Waals surface area contributed by atoms with Crippen LogP contribution in [0.5, 0.6) is 5.75 Å². The van der Waals surface area contributed by atoms with E-state index < -0.39 is 11.6 Å². The van der Waals surface area contributed by atoms with Gasteiger partial charge in [-0.05, 0) is 47.5 Å². The van der Waals surface area contributed by atoms with E-state index in [4.69, 9.17) is 21.1 Å². The molecule has 35 heavy (non-hydrogen) atoms. The monoisotopic (exact) mass is 500 g/mol. The van der Waals surface area contributed by atoms with Crippen LogP contribution in [-0.2, 0) is 11.3 Å². The number of nitrogens with zero attached hydrogens (tertiary/aromatic N) is 2. The van der Waals surface area contributed by atoms with Crippen LogP contribution in [0.15, 0.2) is 66.7 Å². The van der Waals surface area contributed by atoms with Crippen LogP contribution < -0.4 is 4.74 Å². The van der Waals surface area contributed by atoms with Gasteiger partial charge in [-0.2, -0.15) is 0 Å². The van der Waals surface area contributed by atoms with Gasteiger partial charge in [-0.25, -0.2) is 8.78 Å². The molecule has 0 spiro atoms. The fraction of sp³-hybridized carbons (Fsp3) is 0.296. The van der Waals surface area contributed by atoms with Gasteiger partial charge in [0, 0.05) is 49.4 Å². The summed E-state index contributed by atoms with van der Waals surface area (Å²) < 4.78 is 38.8. The molecule has 0 bridgehead atoms. The zero-order chi connectivity index (χ0) is 24.8. The predicted molar refractivity (Wildman–Crippen MR) is 131 cm³/mol. The Balaban J connectivity index is 1.41. The maximum atomic E-state index is 13.5. The molecule has 5 nitrogen and oxygen atoms in total. The lowest BCUT2D eigenvalue weighted by Gasteiger charge is -2.36. The molecule has 3 aromatic rings. The van der Waals surface area contributed by atoms with Crippen LogP contribution in [0.4, 0.5) is 8.78 Å². The number of benzene rings is 3. The normalized spacial score (nSPS) is 15.1. The Labute approximate surface area is 208 Å². The van der Waals surface area contributed by atoms with Crippen molar-refractivity contribution in [2.24, 2.45) is 0 Å². The number of rotatable bonds is 8. The molecule has 8 heteroatoms. The summed E-state index contributed by atoms with van der Waals surface area (Å²) >= 11 is 6.12. The van der Waals surface area contributed by atoms with Crippen molar-refractivity contribution in [1.29, 1.82) is 0 Å². The van der Waals surface area contributed by atoms with Crippen LogP contribution in [0.3, 0.4) is 0 Å². The maximum Gasteiger partial charge on any atom is 0.254 e. The van der Waals surface area contributed by atoms with Gasteiger partial charge in [0.05, 0.1) is 19.8 Å². The Hall–Kier alpha value is -3.00. The smallest absolute Gasteiger partial charge is 0.254 e. The number of piperazine rings is 1. The number of ether oxygens (including phenoxy) is 2. The molecule has 3 aromatic carbocycles. The highest BCUT2D eigenvalue weighted by atomic mass is 35.5. The molecule has 1 aliphatic heterocycles. The van der Waals surface area contributed by atoms with Crippen molar-refractivity contribution in [1.82, 2.24) is 9.80 Å². The lowest BCUT2D eigenvalue weighted by Crippen LogP contribution is -2.49. The third-order valence-corrected chi connectivity index (χ3v) is 6.23. The average Bonchev–Trinajstić information content (AvgIpc) is 2.86. The number of carbonyl (C=O) groups excluding carboxylic acids is 1. The zero-order valence-corrected chi connectivity index (χ0v) is 20.2. The van der Waals surface area contributed by atoms with Crippen molar-refractivity contribution in [2.45, 2.75) is 12.7 Å². The highest BCUT2D eigenvalue weighted by molar-refractivity contribution is 6.30. The Morgan fingerprint density at radius 2 is 1.69 bits per heavy atom. The van der Waals surface area contributed by atoms with Crippen molar-refractivity contribution in [2.75, 3.05) is 39.8 Å². The quantitative estimate of drug-likeness (QED) is 0.418. The number of carbonyl (C=O) groups is 1. The first-order valence-electron chi connectivity index (χ1n) is 11.4. The molecule has 1 aliphatic rings. The molecule has 1 atom stereocenters. The molecule has 0 saturated carbocycles. The van der Waals surface area contributed by atoms with E-state index in [-0.39, 0.29) is 17.6 Å². The summed E-state index contributed by atoms with van der Waals surface area (Å²) in [7, 11) is 1.63. The van der Waals surface area contributed by atoms with Gasteiger partial charge in [0.1, 0.15) is 17.4 Å². The Morgan fingerprint density at radius 1 is 0.971 bits per heavy atom. The third kappa shape index (κ3) is 6.78. The topological polar surface area (TPSA) is 42.0 Å². The zero-order valence-electron chi connectivity index (χ0n) is 19.4. The van der Waals surface area contributed by atoms with Crippen LogP contribution in [-0.4, -0.2) is 55.5 Å². The standard InChI is InChI=1S/C27H27ClF2N2O3/c1-34-25-7-3-5-20(15-25)26(35-18-19-4-2-6-22(28)12-19)17-31-8-10-32(11-9-31)27(33)21-13-23(29)16-24(30)14-21/h2-7,12-16,26H,8-11,17-18H2,1H3/t26-/m1/s1. The van der Waals surface area contributed by atoms with Gasteiger partial charge in [0.2, 0.25) is 0 Å². The fourth-order valence-electron chi connectivity index (χ4n) is 4.15. The van der Waals surface area contributed by atoms with E-state index in [1.54, 1.807) is 12.0 Å². The number of amides is 1. The van der Waals surface area contributed by atoms with Gasteiger partial charge < -0.3 is 14.4 Å². The SMILES string of the molecule is COc1cccc([C@@H](CN2CCN(C(=O)c3cc(F)cc(F)c3)CC2)OCc2cccc(Cl)c2)c1. The van der Waals surface area contributed by atoms with E-state index >= 15 is 0 Å². The molecule has 1 saturated heterocycles. The first-order valence-corrected chi connectivity index (χ1v) is 11.8. The van der Waals surface area contributed by atoms with Crippen molar-refractivity contribution in [3.8, 4) is 5.75 Å². The number of methoxy groups -OCH3 is 1. The Morgan fingerprint density at radius 3 is 2.37 bits per heavy atom. The van der Waals surface area contributed by atoms with Crippen LogP contribution in [0.25, 0.3) is 0 Å². The van der Waals surface area contributed by atoms with Crippen molar-refractivity contribution >= 4 is 17.5 Å². The summed E-state index contributed by atoms with van der Waals surface area (Å²) in [5, 5.41) is 0.656. The molecule has 4 rings (SSSR count). The lowest BCUT2D eigenvalue weighted by atomic mass is 10.1. The lowest BCUT2D eigenvalue weighted by molar-refractivity contribution is 0.00332. The molecule has 1 heterocycles. The molecule has 0 unspecified atom stereocenters. The van der Waals surface area contributed by atoms with Crippen LogP contribution in [0.1, 0.15) is 27.6 Å². The Kier molecular flexibility index (Phi) is 8.33. The summed E-state index contributed by atoms with van der Waals surface area (Å²) in [5.74, 6) is -1.14. The average molecular weight is 501 g/mol. The molecular formula is C27H27ClF2N2O3. The largest absolute Gasteiger partial charge is 0.497 e. The fourth-order valence-corrected chi connectivity index (χ4v) is 4.36. The first-order chi connectivity index (χ1) is 16.9. The minimum atomic E-state index is -0.759. The molecule has 0 radical (unpaired) electrons. The van der Waals surface area contributed by atoms with E-state index in [2.05, 4.69) is 4.90 Å². The highest BCUT2D eigenvalue weighted by Gasteiger charge is 2.25. The molecule has 184 valence electrons. The van der Waals surface area contributed by atoms with Crippen molar-refractivity contribution in [3.05, 3.63) is 100 Å². The van der Waals surface area contributed by atoms with Crippen LogP contribution in [0.2, 0.25) is 5.02 Å². The second-order valence-corrected chi connectivity index (χ2v) is 8.89. The second-order valence-electron chi connectivity index (χ2n) is 8.46. The van der Waals surface area contributed by atoms with E-state index in [1.807, 2.05) is 48.5 Å². The number of hydrogen-bond acceptors (Lipinski definition) is 4. The number of hydrogen-bond donors (Lipinski definition) is 0. The third-order valence-electron chi connectivity index (χ3n) is 6.00. The van der Waals surface area contributed by atoms with E-state index in [0.717, 1.165) is 35.1 Å². The van der Waals surface area contributed by atoms with Gasteiger partial charge in [-0.15, -0.1) is 0 Å². The predicted octanol–water partition coefficient (Wildman–Crippen LogP) is 5.34. The van der Waals surface area contributed by atoms with E-state index in [9.17, 15) is 13.6 Å². The first kappa shape index (κ1) is 25.1. The minimum Gasteiger partial charge on any atom is -0.497 e.